The minimum absolute atomic E-state index is 0.235. The van der Waals surface area contributed by atoms with E-state index in [1.165, 1.54) is 12.8 Å². The number of rotatable bonds is 5. The van der Waals surface area contributed by atoms with E-state index in [4.69, 9.17) is 4.12 Å². The van der Waals surface area contributed by atoms with Crippen LogP contribution in [0.1, 0.15) is 19.8 Å². The summed E-state index contributed by atoms with van der Waals surface area (Å²) in [6, 6.07) is 0. The van der Waals surface area contributed by atoms with Gasteiger partial charge in [0.05, 0.1) is 0 Å². The Hall–Kier alpha value is 0.354. The summed E-state index contributed by atoms with van der Waals surface area (Å²) in [5.74, 6) is 0. The molecule has 0 aromatic rings. The Morgan fingerprint density at radius 1 is 1.60 bits per heavy atom. The van der Waals surface area contributed by atoms with Gasteiger partial charge >= 0.3 is 0 Å². The minimum atomic E-state index is -0.235. The van der Waals surface area contributed by atoms with Gasteiger partial charge in [-0.15, -0.1) is 0 Å². The van der Waals surface area contributed by atoms with Crippen LogP contribution in [-0.2, 0) is 4.12 Å². The summed E-state index contributed by atoms with van der Waals surface area (Å²) in [6.07, 6.45) is 2.59. The summed E-state index contributed by atoms with van der Waals surface area (Å²) in [7, 11) is 4.98. The maximum atomic E-state index is 5.35. The molecule has 0 aromatic carbocycles. The van der Waals surface area contributed by atoms with Crippen LogP contribution in [0, 0.1) is 0 Å². The van der Waals surface area contributed by atoms with Crippen LogP contribution in [0.2, 0.25) is 0 Å². The van der Waals surface area contributed by atoms with Gasteiger partial charge in [-0.05, 0) is 20.5 Å². The smallest absolute Gasteiger partial charge is 0.162 e. The predicted octanol–water partition coefficient (Wildman–Crippen LogP) is -0.945. The molecular weight excluding hydrogens is 158 g/mol. The van der Waals surface area contributed by atoms with E-state index < -0.39 is 0 Å². The number of nitrogens with zero attached hydrogens (tertiary/aromatic N) is 1. The molecule has 4 heteroatoms. The highest BCUT2D eigenvalue weighted by Crippen LogP contribution is 2.00. The quantitative estimate of drug-likeness (QED) is 0.503. The molecule has 0 aliphatic heterocycles. The van der Waals surface area contributed by atoms with Crippen molar-refractivity contribution in [3.05, 3.63) is 0 Å². The van der Waals surface area contributed by atoms with Crippen molar-refractivity contribution < 1.29 is 4.12 Å². The fourth-order valence-corrected chi connectivity index (χ4v) is 3.43. The van der Waals surface area contributed by atoms with Crippen molar-refractivity contribution in [2.24, 2.45) is 0 Å². The van der Waals surface area contributed by atoms with Crippen molar-refractivity contribution in [3.63, 3.8) is 0 Å². The lowest BCUT2D eigenvalue weighted by atomic mass is 10.3. The zero-order valence-electron chi connectivity index (χ0n) is 7.55. The molecule has 0 N–H and O–H groups in total. The summed E-state index contributed by atoms with van der Waals surface area (Å²) in [5, 5.41) is 0. The van der Waals surface area contributed by atoms with E-state index in [1.807, 2.05) is 0 Å². The van der Waals surface area contributed by atoms with Crippen molar-refractivity contribution in [1.29, 1.82) is 0 Å². The van der Waals surface area contributed by atoms with Crippen molar-refractivity contribution >= 4 is 20.2 Å². The largest absolute Gasteiger partial charge is 0.467 e. The van der Waals surface area contributed by atoms with E-state index in [1.54, 1.807) is 0 Å². The first-order valence-electron chi connectivity index (χ1n) is 3.87. The van der Waals surface area contributed by atoms with Gasteiger partial charge in [0.15, 0.2) is 9.76 Å². The van der Waals surface area contributed by atoms with Crippen LogP contribution in [0.5, 0.6) is 0 Å². The molecule has 0 spiro atoms. The molecule has 1 atom stereocenters. The molecule has 10 heavy (non-hydrogen) atoms. The van der Waals surface area contributed by atoms with E-state index in [0.717, 1.165) is 16.2 Å². The average Bonchev–Trinajstić information content (AvgIpc) is 1.87. The Bertz CT molecular complexity index is 74.1. The van der Waals surface area contributed by atoms with E-state index in [-0.39, 0.29) is 9.76 Å². The van der Waals surface area contributed by atoms with Crippen LogP contribution < -0.4 is 0 Å². The third kappa shape index (κ3) is 4.21. The maximum absolute atomic E-state index is 5.35. The molecule has 2 nitrogen and oxygen atoms in total. The first kappa shape index (κ1) is 10.4. The SMILES string of the molecule is CCCC([SiH2]O[SiH3])N(C)C. The molecule has 1 unspecified atom stereocenters. The molecule has 0 aliphatic carbocycles. The second-order valence-electron chi connectivity index (χ2n) is 2.86. The lowest BCUT2D eigenvalue weighted by molar-refractivity contribution is 0.339. The molecule has 0 heterocycles. The van der Waals surface area contributed by atoms with Crippen molar-refractivity contribution in [2.75, 3.05) is 14.1 Å². The second-order valence-corrected chi connectivity index (χ2v) is 6.45. The average molecular weight is 177 g/mol. The van der Waals surface area contributed by atoms with Crippen LogP contribution in [0.4, 0.5) is 0 Å². The zero-order chi connectivity index (χ0) is 7.98. The molecule has 0 aliphatic rings. The first-order valence-corrected chi connectivity index (χ1v) is 6.08. The molecule has 62 valence electrons. The van der Waals surface area contributed by atoms with E-state index in [2.05, 4.69) is 25.9 Å². The maximum Gasteiger partial charge on any atom is 0.162 e. The van der Waals surface area contributed by atoms with E-state index >= 15 is 0 Å². The molecular formula is C6H19NOSi2. The Balaban J connectivity index is 3.50. The number of hydrogen-bond donors (Lipinski definition) is 0. The summed E-state index contributed by atoms with van der Waals surface area (Å²) >= 11 is 0. The monoisotopic (exact) mass is 177 g/mol. The minimum Gasteiger partial charge on any atom is -0.467 e. The molecule has 0 saturated carbocycles. The molecule has 0 saturated heterocycles. The van der Waals surface area contributed by atoms with E-state index in [9.17, 15) is 0 Å². The van der Waals surface area contributed by atoms with E-state index in [0.29, 0.717) is 0 Å². The van der Waals surface area contributed by atoms with Gasteiger partial charge in [-0.25, -0.2) is 0 Å². The first-order chi connectivity index (χ1) is 4.72. The van der Waals surface area contributed by atoms with Gasteiger partial charge in [0, 0.05) is 5.67 Å². The normalized spacial score (nSPS) is 15.6. The van der Waals surface area contributed by atoms with Crippen LogP contribution >= 0.6 is 0 Å². The molecule has 0 radical (unpaired) electrons. The topological polar surface area (TPSA) is 12.5 Å². The van der Waals surface area contributed by atoms with Crippen LogP contribution in [-0.4, -0.2) is 44.9 Å². The van der Waals surface area contributed by atoms with Gasteiger partial charge in [-0.2, -0.15) is 0 Å². The summed E-state index contributed by atoms with van der Waals surface area (Å²) in [4.78, 5) is 2.30. The fourth-order valence-electron chi connectivity index (χ4n) is 1.02. The molecule has 0 rings (SSSR count). The summed E-state index contributed by atoms with van der Waals surface area (Å²) in [6.45, 7) is 2.23. The second kappa shape index (κ2) is 6.09. The highest BCUT2D eigenvalue weighted by Gasteiger charge is 2.08. The van der Waals surface area contributed by atoms with Gasteiger partial charge in [0.1, 0.15) is 10.5 Å². The Kier molecular flexibility index (Phi) is 6.30. The lowest BCUT2D eigenvalue weighted by Crippen LogP contribution is -2.34. The van der Waals surface area contributed by atoms with Crippen molar-refractivity contribution in [1.82, 2.24) is 4.90 Å². The van der Waals surface area contributed by atoms with Gasteiger partial charge in [-0.1, -0.05) is 13.3 Å². The predicted molar refractivity (Wildman–Crippen MR) is 52.0 cm³/mol. The Morgan fingerprint density at radius 3 is 2.50 bits per heavy atom. The van der Waals surface area contributed by atoms with Gasteiger partial charge in [0.25, 0.3) is 0 Å². The molecule has 0 bridgehead atoms. The molecule has 0 fully saturated rings. The zero-order valence-corrected chi connectivity index (χ0v) is 11.0. The van der Waals surface area contributed by atoms with Gasteiger partial charge in [-0.3, -0.25) is 0 Å². The highest BCUT2D eigenvalue weighted by molar-refractivity contribution is 6.36. The third-order valence-corrected chi connectivity index (χ3v) is 4.57. The van der Waals surface area contributed by atoms with Crippen LogP contribution in [0.25, 0.3) is 0 Å². The van der Waals surface area contributed by atoms with Crippen molar-refractivity contribution in [2.45, 2.75) is 25.4 Å². The Labute approximate surface area is 69.4 Å². The Morgan fingerprint density at radius 2 is 2.20 bits per heavy atom. The molecule has 0 aromatic heterocycles. The molecule has 0 amide bonds. The summed E-state index contributed by atoms with van der Waals surface area (Å²) in [5.41, 5.74) is 0.766. The third-order valence-electron chi connectivity index (χ3n) is 1.71. The highest BCUT2D eigenvalue weighted by atomic mass is 28.3. The summed E-state index contributed by atoms with van der Waals surface area (Å²) < 4.78 is 5.35. The van der Waals surface area contributed by atoms with Crippen molar-refractivity contribution in [3.8, 4) is 0 Å². The van der Waals surface area contributed by atoms with Gasteiger partial charge in [0.2, 0.25) is 0 Å². The number of hydrogen-bond acceptors (Lipinski definition) is 2. The van der Waals surface area contributed by atoms with Gasteiger partial charge < -0.3 is 9.02 Å². The fraction of sp³-hybridized carbons (Fsp3) is 1.00. The standard InChI is InChI=1S/C6H19NOSi2/c1-4-5-6(7(2)3)10-8-9/h6H,4-5,10H2,1-3,9H3. The van der Waals surface area contributed by atoms with Crippen LogP contribution in [0.3, 0.4) is 0 Å². The lowest BCUT2D eigenvalue weighted by Gasteiger charge is -2.22. The van der Waals surface area contributed by atoms with Crippen LogP contribution in [0.15, 0.2) is 0 Å².